The molecule has 3 aromatic rings. The second-order valence-electron chi connectivity index (χ2n) is 4.98. The lowest BCUT2D eigenvalue weighted by atomic mass is 10.2. The van der Waals surface area contributed by atoms with Crippen LogP contribution in [-0.4, -0.2) is 51.2 Å². The van der Waals surface area contributed by atoms with Crippen molar-refractivity contribution >= 4 is 21.9 Å². The highest BCUT2D eigenvalue weighted by atomic mass is 32.2. The summed E-state index contributed by atoms with van der Waals surface area (Å²) in [5.41, 5.74) is 0.389. The average Bonchev–Trinajstić information content (AvgIpc) is 3.09. The molecule has 0 radical (unpaired) electrons. The fraction of sp³-hybridized carbons (Fsp3) is 0.143. The Morgan fingerprint density at radius 1 is 1.19 bits per heavy atom. The topological polar surface area (TPSA) is 142 Å². The fourth-order valence-electron chi connectivity index (χ4n) is 2.04. The maximum atomic E-state index is 12.6. The van der Waals surface area contributed by atoms with Crippen LogP contribution in [0.2, 0.25) is 0 Å². The van der Waals surface area contributed by atoms with E-state index in [-0.39, 0.29) is 22.5 Å². The number of methoxy groups -OCH3 is 1. The van der Waals surface area contributed by atoms with Gasteiger partial charge in [0.15, 0.2) is 5.69 Å². The molecule has 3 rings (SSSR count). The summed E-state index contributed by atoms with van der Waals surface area (Å²) in [6.45, 7) is 1.55. The second-order valence-corrected chi connectivity index (χ2v) is 6.66. The van der Waals surface area contributed by atoms with Crippen molar-refractivity contribution in [3.63, 3.8) is 0 Å². The highest BCUT2D eigenvalue weighted by Crippen LogP contribution is 2.17. The van der Waals surface area contributed by atoms with Gasteiger partial charge in [-0.05, 0) is 24.6 Å². The minimum absolute atomic E-state index is 0.0345. The molecule has 0 aromatic carbocycles. The van der Waals surface area contributed by atoms with Gasteiger partial charge in [-0.3, -0.25) is 0 Å². The summed E-state index contributed by atoms with van der Waals surface area (Å²) in [4.78, 5) is 27.1. The molecule has 0 spiro atoms. The van der Waals surface area contributed by atoms with Crippen LogP contribution < -0.4 is 4.72 Å². The van der Waals surface area contributed by atoms with Crippen molar-refractivity contribution < 1.29 is 17.9 Å². The minimum Gasteiger partial charge on any atom is -0.464 e. The maximum Gasteiger partial charge on any atom is 0.356 e. The van der Waals surface area contributed by atoms with E-state index in [1.54, 1.807) is 13.0 Å². The zero-order valence-corrected chi connectivity index (χ0v) is 14.5. The number of esters is 1. The molecule has 0 saturated heterocycles. The third-order valence-electron chi connectivity index (χ3n) is 3.26. The van der Waals surface area contributed by atoms with Crippen molar-refractivity contribution in [2.24, 2.45) is 0 Å². The molecule has 12 heteroatoms. The molecule has 0 fully saturated rings. The number of carbonyl (C=O) groups excluding carboxylic acids is 1. The highest BCUT2D eigenvalue weighted by molar-refractivity contribution is 7.92. The number of anilines is 1. The number of nitrogens with zero attached hydrogens (tertiary/aromatic N) is 6. The molecular weight excluding hydrogens is 362 g/mol. The van der Waals surface area contributed by atoms with Gasteiger partial charge >= 0.3 is 5.97 Å². The molecule has 0 atom stereocenters. The van der Waals surface area contributed by atoms with E-state index in [1.165, 1.54) is 25.6 Å². The van der Waals surface area contributed by atoms with Crippen molar-refractivity contribution in [1.29, 1.82) is 0 Å². The van der Waals surface area contributed by atoms with Gasteiger partial charge in [0.2, 0.25) is 5.95 Å². The minimum atomic E-state index is -4.03. The first-order chi connectivity index (χ1) is 12.4. The Bertz CT molecular complexity index is 1050. The van der Waals surface area contributed by atoms with Crippen LogP contribution in [0.5, 0.6) is 0 Å². The summed E-state index contributed by atoms with van der Waals surface area (Å²) >= 11 is 0. The largest absolute Gasteiger partial charge is 0.464 e. The van der Waals surface area contributed by atoms with Crippen molar-refractivity contribution in [3.05, 3.63) is 48.3 Å². The van der Waals surface area contributed by atoms with Gasteiger partial charge < -0.3 is 4.74 Å². The number of hydrogen-bond donors (Lipinski definition) is 1. The third-order valence-corrected chi connectivity index (χ3v) is 4.55. The number of nitrogens with one attached hydrogen (secondary N) is 1. The zero-order valence-electron chi connectivity index (χ0n) is 13.7. The Morgan fingerprint density at radius 2 is 1.92 bits per heavy atom. The number of pyridine rings is 1. The number of carbonyl (C=O) groups is 1. The molecule has 0 amide bonds. The number of sulfonamides is 1. The molecule has 134 valence electrons. The van der Waals surface area contributed by atoms with Crippen molar-refractivity contribution in [2.45, 2.75) is 11.8 Å². The first-order valence-corrected chi connectivity index (χ1v) is 8.66. The summed E-state index contributed by atoms with van der Waals surface area (Å²) in [7, 11) is -2.81. The molecule has 26 heavy (non-hydrogen) atoms. The highest BCUT2D eigenvalue weighted by Gasteiger charge is 2.21. The molecule has 3 aromatic heterocycles. The molecule has 11 nitrogen and oxygen atoms in total. The molecule has 0 saturated carbocycles. The van der Waals surface area contributed by atoms with Crippen LogP contribution in [0.4, 0.5) is 5.95 Å². The molecule has 0 aliphatic rings. The molecule has 0 aliphatic carbocycles. The van der Waals surface area contributed by atoms with E-state index in [0.717, 1.165) is 17.2 Å². The lowest BCUT2D eigenvalue weighted by Gasteiger charge is -2.09. The maximum absolute atomic E-state index is 12.6. The van der Waals surface area contributed by atoms with Gasteiger partial charge in [-0.1, -0.05) is 0 Å². The third kappa shape index (κ3) is 3.35. The zero-order chi connectivity index (χ0) is 18.7. The molecule has 1 N–H and O–H groups in total. The number of hydrogen-bond acceptors (Lipinski definition) is 9. The Hall–Kier alpha value is -3.41. The standard InChI is InChI=1S/C14H13N7O4S/c1-9-6-10(7-17-11(9)12(22)25-2)26(23,24)20-14-18-8-19-21(14)13-15-4-3-5-16-13/h3-8H,1-2H3,(H,18,19,20). The molecule has 0 bridgehead atoms. The van der Waals surface area contributed by atoms with Crippen LogP contribution in [0.25, 0.3) is 5.95 Å². The smallest absolute Gasteiger partial charge is 0.356 e. The summed E-state index contributed by atoms with van der Waals surface area (Å²) in [6, 6.07) is 2.92. The van der Waals surface area contributed by atoms with E-state index in [9.17, 15) is 13.2 Å². The van der Waals surface area contributed by atoms with Crippen molar-refractivity contribution in [3.8, 4) is 5.95 Å². The van der Waals surface area contributed by atoms with Gasteiger partial charge in [-0.15, -0.1) is 0 Å². The van der Waals surface area contributed by atoms with Gasteiger partial charge in [0.25, 0.3) is 16.0 Å². The van der Waals surface area contributed by atoms with Gasteiger partial charge in [-0.2, -0.15) is 14.8 Å². The molecule has 3 heterocycles. The Balaban J connectivity index is 1.93. The SMILES string of the molecule is COC(=O)c1ncc(S(=O)(=O)Nc2ncnn2-c2ncccn2)cc1C. The molecular formula is C14H13N7O4S. The predicted octanol–water partition coefficient (Wildman–Crippen LogP) is 0.348. The second kappa shape index (κ2) is 6.84. The quantitative estimate of drug-likeness (QED) is 0.625. The van der Waals surface area contributed by atoms with E-state index < -0.39 is 16.0 Å². The first kappa shape index (κ1) is 17.4. The predicted molar refractivity (Wildman–Crippen MR) is 88.1 cm³/mol. The average molecular weight is 375 g/mol. The Morgan fingerprint density at radius 3 is 2.58 bits per heavy atom. The lowest BCUT2D eigenvalue weighted by molar-refractivity contribution is 0.0593. The number of rotatable bonds is 5. The van der Waals surface area contributed by atoms with Crippen LogP contribution in [0.1, 0.15) is 16.1 Å². The summed E-state index contributed by atoms with van der Waals surface area (Å²) < 4.78 is 33.2. The first-order valence-electron chi connectivity index (χ1n) is 7.17. The van der Waals surface area contributed by atoms with E-state index >= 15 is 0 Å². The van der Waals surface area contributed by atoms with Crippen LogP contribution in [0, 0.1) is 6.92 Å². The van der Waals surface area contributed by atoms with Crippen LogP contribution in [0.3, 0.4) is 0 Å². The summed E-state index contributed by atoms with van der Waals surface area (Å²) in [6.07, 6.45) is 5.20. The van der Waals surface area contributed by atoms with Crippen molar-refractivity contribution in [1.82, 2.24) is 29.7 Å². The number of ether oxygens (including phenoxy) is 1. The monoisotopic (exact) mass is 375 g/mol. The summed E-state index contributed by atoms with van der Waals surface area (Å²) in [5.74, 6) is -0.593. The van der Waals surface area contributed by atoms with E-state index in [1.807, 2.05) is 0 Å². The Kier molecular flexibility index (Phi) is 4.58. The van der Waals surface area contributed by atoms with Crippen LogP contribution in [0.15, 0.2) is 41.9 Å². The van der Waals surface area contributed by atoms with Gasteiger partial charge in [0, 0.05) is 18.6 Å². The fourth-order valence-corrected chi connectivity index (χ4v) is 3.06. The summed E-state index contributed by atoms with van der Waals surface area (Å²) in [5, 5.41) is 3.91. The Labute approximate surface area is 148 Å². The number of aromatic nitrogens is 6. The van der Waals surface area contributed by atoms with Gasteiger partial charge in [0.1, 0.15) is 11.2 Å². The van der Waals surface area contributed by atoms with Gasteiger partial charge in [-0.25, -0.2) is 32.9 Å². The van der Waals surface area contributed by atoms with Crippen LogP contribution >= 0.6 is 0 Å². The number of aryl methyl sites for hydroxylation is 1. The van der Waals surface area contributed by atoms with Gasteiger partial charge in [0.05, 0.1) is 7.11 Å². The van der Waals surface area contributed by atoms with Crippen molar-refractivity contribution in [2.75, 3.05) is 11.8 Å². The lowest BCUT2D eigenvalue weighted by Crippen LogP contribution is -2.18. The normalized spacial score (nSPS) is 11.2. The van der Waals surface area contributed by atoms with E-state index in [4.69, 9.17) is 0 Å². The van der Waals surface area contributed by atoms with E-state index in [2.05, 4.69) is 34.5 Å². The molecule has 0 unspecified atom stereocenters. The van der Waals surface area contributed by atoms with E-state index in [0.29, 0.717) is 5.56 Å². The molecule has 0 aliphatic heterocycles. The van der Waals surface area contributed by atoms with Crippen LogP contribution in [-0.2, 0) is 14.8 Å².